The van der Waals surface area contributed by atoms with E-state index in [0.717, 1.165) is 29.3 Å². The van der Waals surface area contributed by atoms with Crippen molar-refractivity contribution in [3.63, 3.8) is 0 Å². The number of rotatable bonds is 2. The summed E-state index contributed by atoms with van der Waals surface area (Å²) in [6.45, 7) is 2.16. The summed E-state index contributed by atoms with van der Waals surface area (Å²) in [5.41, 5.74) is 6.01. The standard InChI is InChI=1S/C20H17NO/c1-14-7-2-3-8-15(14)13-16-9-6-12-19-20(16)21-17-10-4-5-11-18(17)22-19/h2-12,21H,13H2,1H3. The molecular weight excluding hydrogens is 270 g/mol. The Morgan fingerprint density at radius 1 is 0.773 bits per heavy atom. The Bertz CT molecular complexity index is 839. The van der Waals surface area contributed by atoms with Crippen LogP contribution in [0, 0.1) is 6.92 Å². The van der Waals surface area contributed by atoms with Crippen LogP contribution in [0.4, 0.5) is 11.4 Å². The quantitative estimate of drug-likeness (QED) is 0.530. The van der Waals surface area contributed by atoms with Gasteiger partial charge >= 0.3 is 0 Å². The summed E-state index contributed by atoms with van der Waals surface area (Å²) < 4.78 is 6.02. The third kappa shape index (κ3) is 2.23. The minimum atomic E-state index is 0.878. The Hall–Kier alpha value is -2.74. The summed E-state index contributed by atoms with van der Waals surface area (Å²) in [6, 6.07) is 22.8. The first kappa shape index (κ1) is 13.0. The molecule has 108 valence electrons. The molecule has 0 saturated heterocycles. The van der Waals surface area contributed by atoms with Gasteiger partial charge in [0.1, 0.15) is 0 Å². The number of ether oxygens (including phenoxy) is 1. The van der Waals surface area contributed by atoms with Crippen LogP contribution in [0.1, 0.15) is 16.7 Å². The van der Waals surface area contributed by atoms with Crippen LogP contribution < -0.4 is 10.1 Å². The number of aryl methyl sites for hydroxylation is 1. The van der Waals surface area contributed by atoms with Gasteiger partial charge in [0.2, 0.25) is 0 Å². The molecule has 4 rings (SSSR count). The van der Waals surface area contributed by atoms with E-state index in [1.165, 1.54) is 16.7 Å². The molecule has 0 radical (unpaired) electrons. The zero-order valence-corrected chi connectivity index (χ0v) is 12.5. The second-order valence-electron chi connectivity index (χ2n) is 5.62. The molecule has 0 bridgehead atoms. The van der Waals surface area contributed by atoms with Crippen molar-refractivity contribution >= 4 is 11.4 Å². The predicted octanol–water partition coefficient (Wildman–Crippen LogP) is 5.44. The van der Waals surface area contributed by atoms with Gasteiger partial charge in [-0.05, 0) is 48.2 Å². The molecule has 3 aromatic carbocycles. The minimum Gasteiger partial charge on any atom is -0.453 e. The highest BCUT2D eigenvalue weighted by atomic mass is 16.5. The summed E-state index contributed by atoms with van der Waals surface area (Å²) >= 11 is 0. The van der Waals surface area contributed by atoms with Gasteiger partial charge in [-0.3, -0.25) is 0 Å². The van der Waals surface area contributed by atoms with Crippen LogP contribution in [-0.2, 0) is 6.42 Å². The molecule has 1 N–H and O–H groups in total. The lowest BCUT2D eigenvalue weighted by Gasteiger charge is -2.24. The molecule has 0 spiro atoms. The fourth-order valence-electron chi connectivity index (χ4n) is 2.88. The molecule has 1 aliphatic heterocycles. The van der Waals surface area contributed by atoms with Crippen LogP contribution in [0.25, 0.3) is 0 Å². The molecule has 1 heterocycles. The Balaban J connectivity index is 1.74. The van der Waals surface area contributed by atoms with Gasteiger partial charge in [-0.25, -0.2) is 0 Å². The maximum atomic E-state index is 6.02. The summed E-state index contributed by atoms with van der Waals surface area (Å²) in [4.78, 5) is 0. The zero-order valence-electron chi connectivity index (χ0n) is 12.5. The lowest BCUT2D eigenvalue weighted by Crippen LogP contribution is -2.06. The number of benzene rings is 3. The molecule has 0 aliphatic carbocycles. The van der Waals surface area contributed by atoms with Gasteiger partial charge in [0.25, 0.3) is 0 Å². The first-order valence-electron chi connectivity index (χ1n) is 7.51. The molecule has 3 aromatic rings. The van der Waals surface area contributed by atoms with Crippen LogP contribution >= 0.6 is 0 Å². The van der Waals surface area contributed by atoms with E-state index in [9.17, 15) is 0 Å². The van der Waals surface area contributed by atoms with E-state index in [2.05, 4.69) is 48.6 Å². The van der Waals surface area contributed by atoms with E-state index in [-0.39, 0.29) is 0 Å². The maximum Gasteiger partial charge on any atom is 0.151 e. The molecule has 0 atom stereocenters. The molecule has 2 nitrogen and oxygen atoms in total. The van der Waals surface area contributed by atoms with Crippen molar-refractivity contribution in [3.05, 3.63) is 83.4 Å². The second kappa shape index (κ2) is 5.23. The van der Waals surface area contributed by atoms with Crippen LogP contribution in [0.15, 0.2) is 66.7 Å². The van der Waals surface area contributed by atoms with Gasteiger partial charge in [0, 0.05) is 0 Å². The first-order valence-corrected chi connectivity index (χ1v) is 7.51. The Labute approximate surface area is 130 Å². The third-order valence-electron chi connectivity index (χ3n) is 4.12. The highest BCUT2D eigenvalue weighted by Crippen LogP contribution is 2.43. The van der Waals surface area contributed by atoms with E-state index in [4.69, 9.17) is 4.74 Å². The Morgan fingerprint density at radius 3 is 2.41 bits per heavy atom. The van der Waals surface area contributed by atoms with Crippen molar-refractivity contribution < 1.29 is 4.74 Å². The average molecular weight is 287 g/mol. The Kier molecular flexibility index (Phi) is 3.08. The number of para-hydroxylation sites is 3. The fourth-order valence-corrected chi connectivity index (χ4v) is 2.88. The second-order valence-corrected chi connectivity index (χ2v) is 5.62. The van der Waals surface area contributed by atoms with Gasteiger partial charge in [0.15, 0.2) is 11.5 Å². The third-order valence-corrected chi connectivity index (χ3v) is 4.12. The van der Waals surface area contributed by atoms with Crippen molar-refractivity contribution in [3.8, 4) is 11.5 Å². The van der Waals surface area contributed by atoms with Crippen molar-refractivity contribution in [2.45, 2.75) is 13.3 Å². The highest BCUT2D eigenvalue weighted by Gasteiger charge is 2.18. The normalized spacial score (nSPS) is 11.9. The zero-order chi connectivity index (χ0) is 14.9. The summed E-state index contributed by atoms with van der Waals surface area (Å²) in [7, 11) is 0. The van der Waals surface area contributed by atoms with Gasteiger partial charge in [-0.15, -0.1) is 0 Å². The fraction of sp³-hybridized carbons (Fsp3) is 0.100. The number of hydrogen-bond donors (Lipinski definition) is 1. The summed E-state index contributed by atoms with van der Waals surface area (Å²) in [5, 5.41) is 3.52. The molecule has 2 heteroatoms. The molecule has 22 heavy (non-hydrogen) atoms. The smallest absolute Gasteiger partial charge is 0.151 e. The van der Waals surface area contributed by atoms with Crippen molar-refractivity contribution in [2.24, 2.45) is 0 Å². The van der Waals surface area contributed by atoms with E-state index < -0.39 is 0 Å². The predicted molar refractivity (Wildman–Crippen MR) is 90.2 cm³/mol. The SMILES string of the molecule is Cc1ccccc1Cc1cccc2c1Nc1ccccc1O2. The topological polar surface area (TPSA) is 21.3 Å². The van der Waals surface area contributed by atoms with Crippen LogP contribution in [0.2, 0.25) is 0 Å². The minimum absolute atomic E-state index is 0.878. The molecule has 0 saturated carbocycles. The highest BCUT2D eigenvalue weighted by molar-refractivity contribution is 5.78. The van der Waals surface area contributed by atoms with Gasteiger partial charge in [-0.1, -0.05) is 48.5 Å². The van der Waals surface area contributed by atoms with Crippen LogP contribution in [0.5, 0.6) is 11.5 Å². The number of fused-ring (bicyclic) bond motifs is 2. The maximum absolute atomic E-state index is 6.02. The van der Waals surface area contributed by atoms with Crippen molar-refractivity contribution in [1.82, 2.24) is 0 Å². The van der Waals surface area contributed by atoms with E-state index in [0.29, 0.717) is 0 Å². The molecule has 0 aromatic heterocycles. The number of hydrogen-bond acceptors (Lipinski definition) is 2. The number of nitrogens with one attached hydrogen (secondary N) is 1. The number of anilines is 2. The monoisotopic (exact) mass is 287 g/mol. The lowest BCUT2D eigenvalue weighted by molar-refractivity contribution is 0.480. The summed E-state index contributed by atoms with van der Waals surface area (Å²) in [6.07, 6.45) is 0.897. The Morgan fingerprint density at radius 2 is 1.50 bits per heavy atom. The van der Waals surface area contributed by atoms with Crippen molar-refractivity contribution in [1.29, 1.82) is 0 Å². The van der Waals surface area contributed by atoms with Gasteiger partial charge in [-0.2, -0.15) is 0 Å². The summed E-state index contributed by atoms with van der Waals surface area (Å²) in [5.74, 6) is 1.77. The largest absolute Gasteiger partial charge is 0.453 e. The average Bonchev–Trinajstić information content (AvgIpc) is 2.55. The molecule has 0 amide bonds. The van der Waals surface area contributed by atoms with Crippen molar-refractivity contribution in [2.75, 3.05) is 5.32 Å². The molecule has 0 fully saturated rings. The van der Waals surface area contributed by atoms with Crippen LogP contribution in [0.3, 0.4) is 0 Å². The van der Waals surface area contributed by atoms with Gasteiger partial charge in [0.05, 0.1) is 11.4 Å². The molecule has 0 unspecified atom stereocenters. The molecular formula is C20H17NO. The lowest BCUT2D eigenvalue weighted by atomic mass is 9.98. The first-order chi connectivity index (χ1) is 10.8. The van der Waals surface area contributed by atoms with E-state index >= 15 is 0 Å². The van der Waals surface area contributed by atoms with Crippen LogP contribution in [-0.4, -0.2) is 0 Å². The molecule has 1 aliphatic rings. The van der Waals surface area contributed by atoms with E-state index in [1.807, 2.05) is 30.3 Å². The van der Waals surface area contributed by atoms with E-state index in [1.54, 1.807) is 0 Å². The van der Waals surface area contributed by atoms with Gasteiger partial charge < -0.3 is 10.1 Å².